The molecule has 0 saturated carbocycles. The summed E-state index contributed by atoms with van der Waals surface area (Å²) in [5.74, 6) is 1.99. The van der Waals surface area contributed by atoms with Gasteiger partial charge < -0.3 is 18.9 Å². The third-order valence-corrected chi connectivity index (χ3v) is 3.92. The lowest BCUT2D eigenvalue weighted by Crippen LogP contribution is -2.13. The lowest BCUT2D eigenvalue weighted by Gasteiger charge is -2.14. The Labute approximate surface area is 155 Å². The van der Waals surface area contributed by atoms with Gasteiger partial charge in [-0.3, -0.25) is 5.32 Å². The highest BCUT2D eigenvalue weighted by Crippen LogP contribution is 2.33. The Morgan fingerprint density at radius 3 is 2.56 bits per heavy atom. The van der Waals surface area contributed by atoms with Crippen LogP contribution in [0.15, 0.2) is 40.9 Å². The number of halogens is 1. The van der Waals surface area contributed by atoms with Crippen LogP contribution in [0.4, 0.5) is 10.5 Å². The fourth-order valence-electron chi connectivity index (χ4n) is 2.15. The average Bonchev–Trinajstić information content (AvgIpc) is 2.60. The Morgan fingerprint density at radius 2 is 1.88 bits per heavy atom. The minimum absolute atomic E-state index is 0.287. The quantitative estimate of drug-likeness (QED) is 0.722. The van der Waals surface area contributed by atoms with Crippen molar-refractivity contribution >= 4 is 27.7 Å². The molecule has 0 aliphatic carbocycles. The molecule has 7 heteroatoms. The number of hydrogen-bond acceptors (Lipinski definition) is 5. The van der Waals surface area contributed by atoms with Gasteiger partial charge in [-0.2, -0.15) is 0 Å². The summed E-state index contributed by atoms with van der Waals surface area (Å²) in [6.45, 7) is 2.35. The molecule has 1 amide bonds. The van der Waals surface area contributed by atoms with E-state index in [9.17, 15) is 4.79 Å². The summed E-state index contributed by atoms with van der Waals surface area (Å²) in [6.07, 6.45) is -0.501. The van der Waals surface area contributed by atoms with Crippen molar-refractivity contribution in [3.8, 4) is 17.2 Å². The molecule has 0 aliphatic heterocycles. The molecule has 0 fully saturated rings. The maximum absolute atomic E-state index is 11.5. The number of rotatable bonds is 7. The van der Waals surface area contributed by atoms with E-state index in [1.807, 2.05) is 12.1 Å². The maximum Gasteiger partial charge on any atom is 0.411 e. The zero-order valence-corrected chi connectivity index (χ0v) is 15.9. The van der Waals surface area contributed by atoms with Crippen LogP contribution in [-0.4, -0.2) is 26.9 Å². The van der Waals surface area contributed by atoms with Crippen LogP contribution in [0.3, 0.4) is 0 Å². The lowest BCUT2D eigenvalue weighted by molar-refractivity contribution is 0.168. The van der Waals surface area contributed by atoms with Crippen molar-refractivity contribution in [1.82, 2.24) is 0 Å². The van der Waals surface area contributed by atoms with Crippen LogP contribution in [0.5, 0.6) is 17.2 Å². The summed E-state index contributed by atoms with van der Waals surface area (Å²) in [4.78, 5) is 11.5. The first-order valence-corrected chi connectivity index (χ1v) is 8.43. The van der Waals surface area contributed by atoms with E-state index >= 15 is 0 Å². The number of benzene rings is 2. The summed E-state index contributed by atoms with van der Waals surface area (Å²) < 4.78 is 22.2. The molecule has 2 aromatic carbocycles. The molecule has 0 aromatic heterocycles. The Morgan fingerprint density at radius 1 is 1.12 bits per heavy atom. The number of anilines is 1. The molecule has 1 N–H and O–H groups in total. The van der Waals surface area contributed by atoms with Crippen molar-refractivity contribution in [2.75, 3.05) is 26.1 Å². The first kappa shape index (κ1) is 18.9. The Balaban J connectivity index is 2.10. The molecule has 0 spiro atoms. The van der Waals surface area contributed by atoms with E-state index < -0.39 is 6.09 Å². The van der Waals surface area contributed by atoms with Gasteiger partial charge in [-0.15, -0.1) is 0 Å². The fourth-order valence-corrected chi connectivity index (χ4v) is 2.63. The second kappa shape index (κ2) is 9.17. The van der Waals surface area contributed by atoms with Crippen molar-refractivity contribution in [3.63, 3.8) is 0 Å². The van der Waals surface area contributed by atoms with Gasteiger partial charge in [-0.1, -0.05) is 6.07 Å². The second-order valence-corrected chi connectivity index (χ2v) is 5.81. The number of ether oxygens (including phenoxy) is 4. The van der Waals surface area contributed by atoms with Crippen LogP contribution in [-0.2, 0) is 11.3 Å². The van der Waals surface area contributed by atoms with Gasteiger partial charge in [0.15, 0.2) is 0 Å². The Bertz CT molecular complexity index is 735. The first-order valence-electron chi connectivity index (χ1n) is 7.64. The molecule has 2 aromatic rings. The molecule has 0 bridgehead atoms. The van der Waals surface area contributed by atoms with Gasteiger partial charge in [0.1, 0.15) is 23.9 Å². The van der Waals surface area contributed by atoms with Gasteiger partial charge in [0, 0.05) is 17.3 Å². The highest BCUT2D eigenvalue weighted by atomic mass is 79.9. The summed E-state index contributed by atoms with van der Waals surface area (Å²) in [7, 11) is 3.20. The number of carbonyl (C=O) groups excluding carboxylic acids is 1. The van der Waals surface area contributed by atoms with Crippen LogP contribution in [0.25, 0.3) is 0 Å². The molecular formula is C18H20BrNO5. The van der Waals surface area contributed by atoms with Crippen molar-refractivity contribution in [3.05, 3.63) is 46.4 Å². The standard InChI is InChI=1S/C18H20BrNO5/c1-4-24-18(21)20-13-6-5-7-14(9-13)25-11-12-8-17(23-3)15(19)10-16(12)22-2/h5-10H,4,11H2,1-3H3,(H,20,21). The number of carbonyl (C=O) groups is 1. The normalized spacial score (nSPS) is 10.1. The smallest absolute Gasteiger partial charge is 0.411 e. The van der Waals surface area contributed by atoms with Gasteiger partial charge in [0.05, 0.1) is 25.3 Å². The lowest BCUT2D eigenvalue weighted by atomic mass is 10.2. The predicted octanol–water partition coefficient (Wildman–Crippen LogP) is 4.61. The van der Waals surface area contributed by atoms with Crippen molar-refractivity contribution in [2.24, 2.45) is 0 Å². The SMILES string of the molecule is CCOC(=O)Nc1cccc(OCc2cc(OC)c(Br)cc2OC)c1. The minimum atomic E-state index is -0.501. The van der Waals surface area contributed by atoms with E-state index in [4.69, 9.17) is 18.9 Å². The van der Waals surface area contributed by atoms with Crippen molar-refractivity contribution < 1.29 is 23.7 Å². The topological polar surface area (TPSA) is 66.0 Å². The molecule has 0 aliphatic rings. The average molecular weight is 410 g/mol. The van der Waals surface area contributed by atoms with E-state index in [1.165, 1.54) is 0 Å². The molecule has 25 heavy (non-hydrogen) atoms. The molecule has 6 nitrogen and oxygen atoms in total. The monoisotopic (exact) mass is 409 g/mol. The number of methoxy groups -OCH3 is 2. The summed E-state index contributed by atoms with van der Waals surface area (Å²) in [5, 5.41) is 2.64. The zero-order chi connectivity index (χ0) is 18.2. The molecular weight excluding hydrogens is 390 g/mol. The molecule has 134 valence electrons. The van der Waals surface area contributed by atoms with E-state index in [0.29, 0.717) is 29.5 Å². The molecule has 2 rings (SSSR count). The van der Waals surface area contributed by atoms with Gasteiger partial charge in [-0.05, 0) is 47.1 Å². The Kier molecular flexibility index (Phi) is 6.94. The highest BCUT2D eigenvalue weighted by molar-refractivity contribution is 9.10. The molecule has 0 unspecified atom stereocenters. The van der Waals surface area contributed by atoms with E-state index in [-0.39, 0.29) is 6.61 Å². The van der Waals surface area contributed by atoms with Gasteiger partial charge >= 0.3 is 6.09 Å². The van der Waals surface area contributed by atoms with Crippen LogP contribution < -0.4 is 19.5 Å². The van der Waals surface area contributed by atoms with Crippen molar-refractivity contribution in [2.45, 2.75) is 13.5 Å². The third-order valence-electron chi connectivity index (χ3n) is 3.31. The van der Waals surface area contributed by atoms with Gasteiger partial charge in [0.2, 0.25) is 0 Å². The highest BCUT2D eigenvalue weighted by Gasteiger charge is 2.11. The fraction of sp³-hybridized carbons (Fsp3) is 0.278. The van der Waals surface area contributed by atoms with Crippen molar-refractivity contribution in [1.29, 1.82) is 0 Å². The van der Waals surface area contributed by atoms with Crippen LogP contribution in [0.1, 0.15) is 12.5 Å². The number of nitrogens with one attached hydrogen (secondary N) is 1. The number of amides is 1. The van der Waals surface area contributed by atoms with E-state index in [2.05, 4.69) is 21.2 Å². The zero-order valence-electron chi connectivity index (χ0n) is 14.3. The van der Waals surface area contributed by atoms with E-state index in [1.54, 1.807) is 45.4 Å². The second-order valence-electron chi connectivity index (χ2n) is 4.96. The number of hydrogen-bond donors (Lipinski definition) is 1. The summed E-state index contributed by atoms with van der Waals surface area (Å²) >= 11 is 3.43. The maximum atomic E-state index is 11.5. The largest absolute Gasteiger partial charge is 0.496 e. The van der Waals surface area contributed by atoms with Crippen LogP contribution in [0.2, 0.25) is 0 Å². The van der Waals surface area contributed by atoms with Crippen LogP contribution >= 0.6 is 15.9 Å². The third kappa shape index (κ3) is 5.29. The molecule has 0 heterocycles. The Hall–Kier alpha value is -2.41. The van der Waals surface area contributed by atoms with E-state index in [0.717, 1.165) is 10.0 Å². The first-order chi connectivity index (χ1) is 12.1. The van der Waals surface area contributed by atoms with Gasteiger partial charge in [-0.25, -0.2) is 4.79 Å². The summed E-state index contributed by atoms with van der Waals surface area (Å²) in [6, 6.07) is 10.8. The minimum Gasteiger partial charge on any atom is -0.496 e. The molecule has 0 saturated heterocycles. The van der Waals surface area contributed by atoms with Crippen LogP contribution in [0, 0.1) is 0 Å². The summed E-state index contributed by atoms with van der Waals surface area (Å²) in [5.41, 5.74) is 1.43. The van der Waals surface area contributed by atoms with Gasteiger partial charge in [0.25, 0.3) is 0 Å². The molecule has 0 atom stereocenters. The molecule has 0 radical (unpaired) electrons. The predicted molar refractivity (Wildman–Crippen MR) is 98.7 cm³/mol.